The van der Waals surface area contributed by atoms with Crippen molar-refractivity contribution in [1.29, 1.82) is 0 Å². The first-order chi connectivity index (χ1) is 7.39. The number of carboxylic acid groups (broad SMARTS) is 1. The lowest BCUT2D eigenvalue weighted by molar-refractivity contribution is -0.139. The van der Waals surface area contributed by atoms with Gasteiger partial charge in [0, 0.05) is 5.54 Å². The predicted octanol–water partition coefficient (Wildman–Crippen LogP) is 2.80. The van der Waals surface area contributed by atoms with Gasteiger partial charge in [-0.1, -0.05) is 27.2 Å². The van der Waals surface area contributed by atoms with Gasteiger partial charge in [0.2, 0.25) is 0 Å². The molecule has 94 valence electrons. The van der Waals surface area contributed by atoms with Crippen LogP contribution in [0.25, 0.3) is 0 Å². The van der Waals surface area contributed by atoms with Crippen molar-refractivity contribution < 1.29 is 9.90 Å². The zero-order valence-corrected chi connectivity index (χ0v) is 10.8. The van der Waals surface area contributed by atoms with E-state index < -0.39 is 5.97 Å². The third-order valence-electron chi connectivity index (χ3n) is 3.83. The summed E-state index contributed by atoms with van der Waals surface area (Å²) in [6.07, 6.45) is 5.70. The third kappa shape index (κ3) is 3.78. The minimum atomic E-state index is -0.680. The first-order valence-corrected chi connectivity index (χ1v) is 6.36. The Balaban J connectivity index is 2.73. The van der Waals surface area contributed by atoms with Crippen molar-refractivity contribution in [2.45, 2.75) is 64.8 Å². The summed E-state index contributed by atoms with van der Waals surface area (Å²) < 4.78 is 0. The summed E-state index contributed by atoms with van der Waals surface area (Å²) in [5.41, 5.74) is 0.212. The molecule has 0 amide bonds. The van der Waals surface area contributed by atoms with Gasteiger partial charge in [-0.2, -0.15) is 0 Å². The monoisotopic (exact) mass is 227 g/mol. The smallest absolute Gasteiger partial charge is 0.305 e. The van der Waals surface area contributed by atoms with Crippen LogP contribution in [0.2, 0.25) is 0 Å². The first kappa shape index (κ1) is 13.5. The number of carboxylic acids is 1. The molecule has 3 heteroatoms. The number of nitrogens with one attached hydrogen (secondary N) is 1. The van der Waals surface area contributed by atoms with E-state index in [0.29, 0.717) is 5.41 Å². The van der Waals surface area contributed by atoms with Gasteiger partial charge in [-0.3, -0.25) is 4.79 Å². The van der Waals surface area contributed by atoms with Crippen LogP contribution in [-0.4, -0.2) is 23.2 Å². The van der Waals surface area contributed by atoms with Gasteiger partial charge in [0.05, 0.1) is 6.42 Å². The second kappa shape index (κ2) is 5.17. The highest BCUT2D eigenvalue weighted by molar-refractivity contribution is 5.68. The Morgan fingerprint density at radius 3 is 2.50 bits per heavy atom. The molecule has 0 radical (unpaired) electrons. The molecule has 16 heavy (non-hydrogen) atoms. The zero-order valence-electron chi connectivity index (χ0n) is 10.8. The lowest BCUT2D eigenvalue weighted by Gasteiger charge is -2.33. The lowest BCUT2D eigenvalue weighted by atomic mass is 9.82. The molecule has 3 nitrogen and oxygen atoms in total. The molecule has 0 bridgehead atoms. The van der Waals surface area contributed by atoms with Crippen LogP contribution in [0.1, 0.15) is 59.3 Å². The summed E-state index contributed by atoms with van der Waals surface area (Å²) in [5, 5.41) is 12.5. The first-order valence-electron chi connectivity index (χ1n) is 6.36. The fraction of sp³-hybridized carbons (Fsp3) is 0.923. The Morgan fingerprint density at radius 2 is 1.94 bits per heavy atom. The highest BCUT2D eigenvalue weighted by Crippen LogP contribution is 2.39. The SMILES string of the molecule is CCNC1(CC(=O)O)CCCC(C)(C)CC1. The zero-order chi connectivity index (χ0) is 12.2. The van der Waals surface area contributed by atoms with E-state index in [4.69, 9.17) is 5.11 Å². The number of hydrogen-bond donors (Lipinski definition) is 2. The molecule has 0 spiro atoms. The van der Waals surface area contributed by atoms with Gasteiger partial charge in [0.15, 0.2) is 0 Å². The Kier molecular flexibility index (Phi) is 4.36. The van der Waals surface area contributed by atoms with Crippen LogP contribution in [0.5, 0.6) is 0 Å². The van der Waals surface area contributed by atoms with Crippen molar-refractivity contribution in [3.63, 3.8) is 0 Å². The van der Waals surface area contributed by atoms with Crippen molar-refractivity contribution in [3.05, 3.63) is 0 Å². The number of carbonyl (C=O) groups is 1. The second-order valence-corrected chi connectivity index (χ2v) is 5.90. The number of aliphatic carboxylic acids is 1. The lowest BCUT2D eigenvalue weighted by Crippen LogP contribution is -2.46. The van der Waals surface area contributed by atoms with Crippen molar-refractivity contribution in [2.75, 3.05) is 6.54 Å². The summed E-state index contributed by atoms with van der Waals surface area (Å²) >= 11 is 0. The molecule has 0 heterocycles. The van der Waals surface area contributed by atoms with Gasteiger partial charge in [-0.25, -0.2) is 0 Å². The van der Waals surface area contributed by atoms with Gasteiger partial charge in [0.1, 0.15) is 0 Å². The van der Waals surface area contributed by atoms with E-state index >= 15 is 0 Å². The van der Waals surface area contributed by atoms with Crippen LogP contribution in [0, 0.1) is 5.41 Å². The van der Waals surface area contributed by atoms with Gasteiger partial charge in [-0.15, -0.1) is 0 Å². The average Bonchev–Trinajstić information content (AvgIpc) is 2.26. The van der Waals surface area contributed by atoms with E-state index in [1.54, 1.807) is 0 Å². The number of hydrogen-bond acceptors (Lipinski definition) is 2. The van der Waals surface area contributed by atoms with Crippen molar-refractivity contribution in [3.8, 4) is 0 Å². The summed E-state index contributed by atoms with van der Waals surface area (Å²) in [7, 11) is 0. The van der Waals surface area contributed by atoms with Crippen LogP contribution in [0.15, 0.2) is 0 Å². The Morgan fingerprint density at radius 1 is 1.25 bits per heavy atom. The molecule has 0 aromatic heterocycles. The van der Waals surface area contributed by atoms with Gasteiger partial charge >= 0.3 is 5.97 Å². The molecule has 0 aromatic carbocycles. The van der Waals surface area contributed by atoms with Crippen LogP contribution in [-0.2, 0) is 4.79 Å². The molecule has 1 unspecified atom stereocenters. The van der Waals surface area contributed by atoms with Crippen molar-refractivity contribution in [1.82, 2.24) is 5.32 Å². The molecule has 1 fully saturated rings. The summed E-state index contributed by atoms with van der Waals surface area (Å²) in [6, 6.07) is 0. The number of rotatable bonds is 4. The molecule has 1 saturated carbocycles. The highest BCUT2D eigenvalue weighted by Gasteiger charge is 2.36. The molecule has 0 saturated heterocycles. The largest absolute Gasteiger partial charge is 0.481 e. The van der Waals surface area contributed by atoms with Gasteiger partial charge in [0.25, 0.3) is 0 Å². The highest BCUT2D eigenvalue weighted by atomic mass is 16.4. The fourth-order valence-corrected chi connectivity index (χ4v) is 2.81. The minimum Gasteiger partial charge on any atom is -0.481 e. The molecule has 1 atom stereocenters. The van der Waals surface area contributed by atoms with E-state index in [0.717, 1.165) is 32.2 Å². The molecule has 1 aliphatic rings. The van der Waals surface area contributed by atoms with E-state index in [-0.39, 0.29) is 12.0 Å². The van der Waals surface area contributed by atoms with Crippen LogP contribution < -0.4 is 5.32 Å². The van der Waals surface area contributed by atoms with Crippen LogP contribution >= 0.6 is 0 Å². The van der Waals surface area contributed by atoms with E-state index in [2.05, 4.69) is 26.1 Å². The maximum absolute atomic E-state index is 11.0. The van der Waals surface area contributed by atoms with Crippen molar-refractivity contribution >= 4 is 5.97 Å². The topological polar surface area (TPSA) is 49.3 Å². The Hall–Kier alpha value is -0.570. The standard InChI is InChI=1S/C13H25NO2/c1-4-14-13(10-11(15)16)7-5-6-12(2,3)8-9-13/h14H,4-10H2,1-3H3,(H,15,16). The fourth-order valence-electron chi connectivity index (χ4n) is 2.81. The minimum absolute atomic E-state index is 0.158. The molecule has 2 N–H and O–H groups in total. The average molecular weight is 227 g/mol. The van der Waals surface area contributed by atoms with E-state index in [1.807, 2.05) is 0 Å². The maximum Gasteiger partial charge on any atom is 0.305 e. The molecular formula is C13H25NO2. The molecule has 1 aliphatic carbocycles. The molecule has 0 aromatic rings. The normalized spacial score (nSPS) is 29.7. The second-order valence-electron chi connectivity index (χ2n) is 5.90. The molecule has 1 rings (SSSR count). The van der Waals surface area contributed by atoms with E-state index in [1.165, 1.54) is 6.42 Å². The Bertz CT molecular complexity index is 250. The summed E-state index contributed by atoms with van der Waals surface area (Å²) in [6.45, 7) is 7.49. The van der Waals surface area contributed by atoms with Crippen LogP contribution in [0.4, 0.5) is 0 Å². The summed E-state index contributed by atoms with van der Waals surface area (Å²) in [4.78, 5) is 11.0. The third-order valence-corrected chi connectivity index (χ3v) is 3.83. The predicted molar refractivity (Wildman–Crippen MR) is 65.5 cm³/mol. The quantitative estimate of drug-likeness (QED) is 0.726. The van der Waals surface area contributed by atoms with Gasteiger partial charge in [-0.05, 0) is 37.6 Å². The Labute approximate surface area is 98.6 Å². The van der Waals surface area contributed by atoms with Gasteiger partial charge < -0.3 is 10.4 Å². The molecular weight excluding hydrogens is 202 g/mol. The van der Waals surface area contributed by atoms with Crippen molar-refractivity contribution in [2.24, 2.45) is 5.41 Å². The molecule has 0 aliphatic heterocycles. The maximum atomic E-state index is 11.0. The van der Waals surface area contributed by atoms with E-state index in [9.17, 15) is 4.79 Å². The van der Waals surface area contributed by atoms with Crippen LogP contribution in [0.3, 0.4) is 0 Å². The summed E-state index contributed by atoms with van der Waals surface area (Å²) in [5.74, 6) is -0.680.